The third kappa shape index (κ3) is 2.79. The third-order valence-electron chi connectivity index (χ3n) is 3.83. The van der Waals surface area contributed by atoms with Crippen molar-refractivity contribution in [1.82, 2.24) is 4.90 Å². The summed E-state index contributed by atoms with van der Waals surface area (Å²) < 4.78 is 11.0. The standard InChI is InChI=1S/C15H17NO5/c1-16(14(17)10-7-11(10)15(18)19)8-9-2-3-12-13(6-9)21-5-4-20-12/h2-3,6,10-11H,4-5,7-8H2,1H3,(H,18,19). The number of carbonyl (C=O) groups excluding carboxylic acids is 1. The van der Waals surface area contributed by atoms with E-state index in [0.29, 0.717) is 37.7 Å². The molecule has 1 N–H and O–H groups in total. The largest absolute Gasteiger partial charge is 0.486 e. The van der Waals surface area contributed by atoms with Crippen LogP contribution in [0.3, 0.4) is 0 Å². The van der Waals surface area contributed by atoms with Gasteiger partial charge in [-0.05, 0) is 24.1 Å². The fourth-order valence-electron chi connectivity index (χ4n) is 2.56. The highest BCUT2D eigenvalue weighted by Crippen LogP contribution is 2.40. The molecule has 1 fully saturated rings. The van der Waals surface area contributed by atoms with E-state index in [9.17, 15) is 9.59 Å². The van der Waals surface area contributed by atoms with E-state index in [1.165, 1.54) is 0 Å². The van der Waals surface area contributed by atoms with Gasteiger partial charge in [-0.1, -0.05) is 6.07 Å². The Morgan fingerprint density at radius 1 is 1.24 bits per heavy atom. The Kier molecular flexibility index (Phi) is 3.45. The van der Waals surface area contributed by atoms with Crippen LogP contribution in [0.1, 0.15) is 12.0 Å². The molecule has 0 spiro atoms. The SMILES string of the molecule is CN(Cc1ccc2c(c1)OCCO2)C(=O)C1CC1C(=O)O. The van der Waals surface area contributed by atoms with Crippen LogP contribution in [0.5, 0.6) is 11.5 Å². The summed E-state index contributed by atoms with van der Waals surface area (Å²) in [5.74, 6) is -0.482. The average molecular weight is 291 g/mol. The molecule has 1 aliphatic carbocycles. The maximum Gasteiger partial charge on any atom is 0.307 e. The Morgan fingerprint density at radius 2 is 1.95 bits per heavy atom. The number of amides is 1. The lowest BCUT2D eigenvalue weighted by molar-refractivity contribution is -0.141. The molecule has 3 rings (SSSR count). The van der Waals surface area contributed by atoms with Crippen molar-refractivity contribution in [3.8, 4) is 11.5 Å². The predicted octanol–water partition coefficient (Wildman–Crippen LogP) is 1.14. The van der Waals surface area contributed by atoms with Gasteiger partial charge in [0.15, 0.2) is 11.5 Å². The maximum atomic E-state index is 12.1. The number of nitrogens with zero attached hydrogens (tertiary/aromatic N) is 1. The second-order valence-electron chi connectivity index (χ2n) is 5.46. The van der Waals surface area contributed by atoms with Crippen molar-refractivity contribution >= 4 is 11.9 Å². The van der Waals surface area contributed by atoms with Crippen LogP contribution in [0.25, 0.3) is 0 Å². The van der Waals surface area contributed by atoms with Crippen LogP contribution in [0.2, 0.25) is 0 Å². The molecule has 1 amide bonds. The normalized spacial score (nSPS) is 22.5. The lowest BCUT2D eigenvalue weighted by atomic mass is 10.1. The zero-order valence-corrected chi connectivity index (χ0v) is 11.7. The Bertz CT molecular complexity index is 585. The van der Waals surface area contributed by atoms with E-state index < -0.39 is 11.9 Å². The number of carbonyl (C=O) groups is 2. The molecule has 0 saturated heterocycles. The summed E-state index contributed by atoms with van der Waals surface area (Å²) in [7, 11) is 1.69. The maximum absolute atomic E-state index is 12.1. The van der Waals surface area contributed by atoms with Crippen LogP contribution < -0.4 is 9.47 Å². The van der Waals surface area contributed by atoms with E-state index >= 15 is 0 Å². The molecule has 1 aliphatic heterocycles. The van der Waals surface area contributed by atoms with Crippen molar-refractivity contribution in [2.75, 3.05) is 20.3 Å². The van der Waals surface area contributed by atoms with Gasteiger partial charge in [-0.15, -0.1) is 0 Å². The summed E-state index contributed by atoms with van der Waals surface area (Å²) in [6, 6.07) is 5.58. The smallest absolute Gasteiger partial charge is 0.307 e. The quantitative estimate of drug-likeness (QED) is 0.900. The van der Waals surface area contributed by atoms with E-state index in [2.05, 4.69) is 0 Å². The molecule has 112 valence electrons. The molecular formula is C15H17NO5. The highest BCUT2D eigenvalue weighted by molar-refractivity contribution is 5.89. The topological polar surface area (TPSA) is 76.1 Å². The van der Waals surface area contributed by atoms with E-state index in [-0.39, 0.29) is 11.8 Å². The molecule has 0 aromatic heterocycles. The number of hydrogen-bond acceptors (Lipinski definition) is 4. The minimum atomic E-state index is -0.888. The van der Waals surface area contributed by atoms with Gasteiger partial charge in [-0.25, -0.2) is 0 Å². The number of carboxylic acids is 1. The number of rotatable bonds is 4. The highest BCUT2D eigenvalue weighted by atomic mass is 16.6. The summed E-state index contributed by atoms with van der Waals surface area (Å²) in [5.41, 5.74) is 0.933. The third-order valence-corrected chi connectivity index (χ3v) is 3.83. The van der Waals surface area contributed by atoms with Crippen molar-refractivity contribution in [3.05, 3.63) is 23.8 Å². The van der Waals surface area contributed by atoms with Gasteiger partial charge in [0.05, 0.1) is 11.8 Å². The van der Waals surface area contributed by atoms with Crippen LogP contribution in [0.15, 0.2) is 18.2 Å². The minimum Gasteiger partial charge on any atom is -0.486 e. The molecule has 1 heterocycles. The average Bonchev–Trinajstić information content (AvgIpc) is 3.27. The van der Waals surface area contributed by atoms with E-state index in [4.69, 9.17) is 14.6 Å². The van der Waals surface area contributed by atoms with Gasteiger partial charge in [0.1, 0.15) is 13.2 Å². The van der Waals surface area contributed by atoms with E-state index in [0.717, 1.165) is 5.56 Å². The van der Waals surface area contributed by atoms with Gasteiger partial charge in [-0.3, -0.25) is 9.59 Å². The zero-order chi connectivity index (χ0) is 15.0. The van der Waals surface area contributed by atoms with Crippen molar-refractivity contribution in [3.63, 3.8) is 0 Å². The van der Waals surface area contributed by atoms with Crippen molar-refractivity contribution in [2.45, 2.75) is 13.0 Å². The van der Waals surface area contributed by atoms with Gasteiger partial charge < -0.3 is 19.5 Å². The molecular weight excluding hydrogens is 274 g/mol. The fraction of sp³-hybridized carbons (Fsp3) is 0.467. The number of benzene rings is 1. The van der Waals surface area contributed by atoms with Gasteiger partial charge in [0.2, 0.25) is 5.91 Å². The summed E-state index contributed by atoms with van der Waals surface area (Å²) in [4.78, 5) is 24.5. The molecule has 1 aromatic rings. The zero-order valence-electron chi connectivity index (χ0n) is 11.7. The first-order valence-electron chi connectivity index (χ1n) is 6.92. The van der Waals surface area contributed by atoms with Crippen molar-refractivity contribution < 1.29 is 24.2 Å². The Morgan fingerprint density at radius 3 is 2.62 bits per heavy atom. The van der Waals surface area contributed by atoms with Crippen LogP contribution in [-0.4, -0.2) is 42.1 Å². The minimum absolute atomic E-state index is 0.114. The molecule has 6 nitrogen and oxygen atoms in total. The fourth-order valence-corrected chi connectivity index (χ4v) is 2.56. The first kappa shape index (κ1) is 13.7. The number of hydrogen-bond donors (Lipinski definition) is 1. The van der Waals surface area contributed by atoms with E-state index in [1.807, 2.05) is 18.2 Å². The molecule has 2 unspecified atom stereocenters. The Hall–Kier alpha value is -2.24. The monoisotopic (exact) mass is 291 g/mol. The summed E-state index contributed by atoms with van der Waals surface area (Å²) >= 11 is 0. The van der Waals surface area contributed by atoms with Gasteiger partial charge in [0.25, 0.3) is 0 Å². The number of carboxylic acid groups (broad SMARTS) is 1. The van der Waals surface area contributed by atoms with Gasteiger partial charge >= 0.3 is 5.97 Å². The second-order valence-corrected chi connectivity index (χ2v) is 5.46. The first-order valence-corrected chi connectivity index (χ1v) is 6.92. The number of ether oxygens (including phenoxy) is 2. The lowest BCUT2D eigenvalue weighted by Crippen LogP contribution is -2.29. The molecule has 1 saturated carbocycles. The van der Waals surface area contributed by atoms with Crippen molar-refractivity contribution in [1.29, 1.82) is 0 Å². The Balaban J connectivity index is 1.63. The second kappa shape index (κ2) is 5.27. The highest BCUT2D eigenvalue weighted by Gasteiger charge is 2.49. The van der Waals surface area contributed by atoms with Crippen LogP contribution >= 0.6 is 0 Å². The van der Waals surface area contributed by atoms with E-state index in [1.54, 1.807) is 11.9 Å². The number of aliphatic carboxylic acids is 1. The molecule has 0 radical (unpaired) electrons. The Labute approximate surface area is 122 Å². The van der Waals surface area contributed by atoms with Crippen LogP contribution in [0, 0.1) is 11.8 Å². The van der Waals surface area contributed by atoms with Gasteiger partial charge in [0, 0.05) is 13.6 Å². The van der Waals surface area contributed by atoms with Crippen molar-refractivity contribution in [2.24, 2.45) is 11.8 Å². The van der Waals surface area contributed by atoms with Crippen LogP contribution in [-0.2, 0) is 16.1 Å². The summed E-state index contributed by atoms with van der Waals surface area (Å²) in [6.07, 6.45) is 0.444. The summed E-state index contributed by atoms with van der Waals surface area (Å²) in [6.45, 7) is 1.49. The molecule has 0 bridgehead atoms. The molecule has 6 heteroatoms. The number of fused-ring (bicyclic) bond motifs is 1. The summed E-state index contributed by atoms with van der Waals surface area (Å²) in [5, 5.41) is 8.88. The van der Waals surface area contributed by atoms with Crippen LogP contribution in [0.4, 0.5) is 0 Å². The molecule has 2 atom stereocenters. The first-order chi connectivity index (χ1) is 10.1. The predicted molar refractivity (Wildman–Crippen MR) is 73.1 cm³/mol. The van der Waals surface area contributed by atoms with Gasteiger partial charge in [-0.2, -0.15) is 0 Å². The lowest BCUT2D eigenvalue weighted by Gasteiger charge is -2.21. The molecule has 21 heavy (non-hydrogen) atoms. The molecule has 2 aliphatic rings. The molecule has 1 aromatic carbocycles.